The molecule has 0 aromatic heterocycles. The molecule has 1 aliphatic carbocycles. The van der Waals surface area contributed by atoms with Crippen molar-refractivity contribution >= 4 is 0 Å². The van der Waals surface area contributed by atoms with Crippen LogP contribution in [0.15, 0.2) is 36.4 Å². The Hall–Kier alpha value is -1.04. The van der Waals surface area contributed by atoms with E-state index in [1.807, 2.05) is 0 Å². The molecule has 1 aromatic carbocycles. The van der Waals surface area contributed by atoms with Gasteiger partial charge in [0.2, 0.25) is 0 Å². The van der Waals surface area contributed by atoms with E-state index in [4.69, 9.17) is 0 Å². The van der Waals surface area contributed by atoms with Gasteiger partial charge in [-0.3, -0.25) is 0 Å². The molecule has 1 saturated carbocycles. The predicted molar refractivity (Wildman–Crippen MR) is 75.2 cm³/mol. The minimum atomic E-state index is 0.897. The van der Waals surface area contributed by atoms with E-state index in [1.165, 1.54) is 56.1 Å². The van der Waals surface area contributed by atoms with Gasteiger partial charge in [0, 0.05) is 0 Å². The Morgan fingerprint density at radius 2 is 2.06 bits per heavy atom. The van der Waals surface area contributed by atoms with Crippen molar-refractivity contribution in [3.05, 3.63) is 47.5 Å². The first kappa shape index (κ1) is 12.4. The minimum Gasteiger partial charge on any atom is -0.0882 e. The maximum absolute atomic E-state index is 2.46. The molecule has 0 radical (unpaired) electrons. The van der Waals surface area contributed by atoms with Gasteiger partial charge in [0.25, 0.3) is 0 Å². The van der Waals surface area contributed by atoms with Crippen LogP contribution in [-0.2, 0) is 6.42 Å². The second-order valence-electron chi connectivity index (χ2n) is 5.35. The number of aryl methyl sites for hydroxylation is 2. The molecule has 0 bridgehead atoms. The molecule has 0 nitrogen and oxygen atoms in total. The first-order valence-electron chi connectivity index (χ1n) is 7.07. The van der Waals surface area contributed by atoms with Crippen LogP contribution < -0.4 is 0 Å². The van der Waals surface area contributed by atoms with Crippen LogP contribution in [0.25, 0.3) is 0 Å². The van der Waals surface area contributed by atoms with E-state index in [0.717, 1.165) is 5.92 Å². The minimum absolute atomic E-state index is 0.897. The highest BCUT2D eigenvalue weighted by atomic mass is 14.2. The van der Waals surface area contributed by atoms with Crippen LogP contribution in [0.2, 0.25) is 0 Å². The summed E-state index contributed by atoms with van der Waals surface area (Å²) in [7, 11) is 0. The Balaban J connectivity index is 1.65. The third-order valence-electron chi connectivity index (χ3n) is 3.73. The van der Waals surface area contributed by atoms with Crippen LogP contribution in [0.4, 0.5) is 0 Å². The largest absolute Gasteiger partial charge is 0.0882 e. The molecule has 0 saturated heterocycles. The second-order valence-corrected chi connectivity index (χ2v) is 5.35. The van der Waals surface area contributed by atoms with Crippen LogP contribution in [0.1, 0.15) is 49.7 Å². The smallest absolute Gasteiger partial charge is 0.0234 e. The summed E-state index contributed by atoms with van der Waals surface area (Å²) in [5.41, 5.74) is 2.86. The number of allylic oxidation sites excluding steroid dienone is 2. The Labute approximate surface area is 106 Å². The standard InChI is InChI=1S/C17H24/c1-15-8-7-13-17(14-15)12-4-2-3-9-16-10-5-6-11-16/h3,7-9,13-14,16H,2,4-6,10-12H2,1H3/b9-3+. The molecular weight excluding hydrogens is 204 g/mol. The summed E-state index contributed by atoms with van der Waals surface area (Å²) in [5, 5.41) is 0. The zero-order valence-electron chi connectivity index (χ0n) is 11.0. The highest BCUT2D eigenvalue weighted by Gasteiger charge is 2.10. The molecule has 0 unspecified atom stereocenters. The third kappa shape index (κ3) is 4.38. The van der Waals surface area contributed by atoms with E-state index in [9.17, 15) is 0 Å². The molecular formula is C17H24. The average Bonchev–Trinajstić information content (AvgIpc) is 2.82. The van der Waals surface area contributed by atoms with Gasteiger partial charge in [-0.25, -0.2) is 0 Å². The van der Waals surface area contributed by atoms with Crippen molar-refractivity contribution in [2.75, 3.05) is 0 Å². The summed E-state index contributed by atoms with van der Waals surface area (Å²) in [6.45, 7) is 2.17. The second kappa shape index (κ2) is 6.64. The number of rotatable bonds is 5. The first-order chi connectivity index (χ1) is 8.34. The Morgan fingerprint density at radius 3 is 2.82 bits per heavy atom. The maximum atomic E-state index is 2.46. The van der Waals surface area contributed by atoms with Crippen LogP contribution in [0.3, 0.4) is 0 Å². The number of unbranched alkanes of at least 4 members (excludes halogenated alkanes) is 1. The van der Waals surface area contributed by atoms with Crippen molar-refractivity contribution in [2.24, 2.45) is 5.92 Å². The highest BCUT2D eigenvalue weighted by molar-refractivity contribution is 5.22. The molecule has 0 heteroatoms. The molecule has 2 rings (SSSR count). The van der Waals surface area contributed by atoms with Crippen LogP contribution in [-0.4, -0.2) is 0 Å². The first-order valence-corrected chi connectivity index (χ1v) is 7.07. The van der Waals surface area contributed by atoms with Crippen molar-refractivity contribution < 1.29 is 0 Å². The van der Waals surface area contributed by atoms with Crippen LogP contribution in [0, 0.1) is 12.8 Å². The SMILES string of the molecule is Cc1cccc(CCC/C=C/C2CCCC2)c1. The molecule has 1 aromatic rings. The van der Waals surface area contributed by atoms with Crippen LogP contribution in [0.5, 0.6) is 0 Å². The molecule has 1 fully saturated rings. The number of hydrogen-bond acceptors (Lipinski definition) is 0. The van der Waals surface area contributed by atoms with E-state index in [-0.39, 0.29) is 0 Å². The summed E-state index contributed by atoms with van der Waals surface area (Å²) in [4.78, 5) is 0. The molecule has 0 amide bonds. The lowest BCUT2D eigenvalue weighted by Gasteiger charge is -2.02. The average molecular weight is 228 g/mol. The van der Waals surface area contributed by atoms with Crippen molar-refractivity contribution in [3.8, 4) is 0 Å². The monoisotopic (exact) mass is 228 g/mol. The molecule has 0 aliphatic heterocycles. The van der Waals surface area contributed by atoms with Gasteiger partial charge in [0.15, 0.2) is 0 Å². The highest BCUT2D eigenvalue weighted by Crippen LogP contribution is 2.25. The lowest BCUT2D eigenvalue weighted by Crippen LogP contribution is -1.87. The fourth-order valence-electron chi connectivity index (χ4n) is 2.73. The fourth-order valence-corrected chi connectivity index (χ4v) is 2.73. The van der Waals surface area contributed by atoms with E-state index < -0.39 is 0 Å². The number of benzene rings is 1. The van der Waals surface area contributed by atoms with E-state index >= 15 is 0 Å². The van der Waals surface area contributed by atoms with Crippen molar-refractivity contribution in [2.45, 2.75) is 51.9 Å². The third-order valence-corrected chi connectivity index (χ3v) is 3.73. The predicted octanol–water partition coefficient (Wildman–Crippen LogP) is 5.06. The van der Waals surface area contributed by atoms with Crippen molar-refractivity contribution in [3.63, 3.8) is 0 Å². The zero-order chi connectivity index (χ0) is 11.9. The van der Waals surface area contributed by atoms with Gasteiger partial charge in [-0.05, 0) is 50.5 Å². The van der Waals surface area contributed by atoms with Gasteiger partial charge in [0.05, 0.1) is 0 Å². The van der Waals surface area contributed by atoms with Gasteiger partial charge in [0.1, 0.15) is 0 Å². The summed E-state index contributed by atoms with van der Waals surface area (Å²) in [5.74, 6) is 0.897. The molecule has 92 valence electrons. The van der Waals surface area contributed by atoms with Gasteiger partial charge in [-0.1, -0.05) is 54.8 Å². The summed E-state index contributed by atoms with van der Waals surface area (Å²) >= 11 is 0. The zero-order valence-corrected chi connectivity index (χ0v) is 11.0. The van der Waals surface area contributed by atoms with E-state index in [0.29, 0.717) is 0 Å². The lowest BCUT2D eigenvalue weighted by atomic mass is 10.0. The van der Waals surface area contributed by atoms with Gasteiger partial charge >= 0.3 is 0 Å². The fraction of sp³-hybridized carbons (Fsp3) is 0.529. The van der Waals surface area contributed by atoms with Crippen molar-refractivity contribution in [1.29, 1.82) is 0 Å². The molecule has 0 heterocycles. The van der Waals surface area contributed by atoms with Crippen LogP contribution >= 0.6 is 0 Å². The van der Waals surface area contributed by atoms with Gasteiger partial charge in [-0.15, -0.1) is 0 Å². The topological polar surface area (TPSA) is 0 Å². The Morgan fingerprint density at radius 1 is 1.24 bits per heavy atom. The van der Waals surface area contributed by atoms with E-state index in [2.05, 4.69) is 43.3 Å². The summed E-state index contributed by atoms with van der Waals surface area (Å²) in [6, 6.07) is 8.89. The quantitative estimate of drug-likeness (QED) is 0.488. The normalized spacial score (nSPS) is 17.0. The molecule has 0 spiro atoms. The maximum Gasteiger partial charge on any atom is -0.0234 e. The Bertz CT molecular complexity index is 356. The molecule has 0 N–H and O–H groups in total. The molecule has 17 heavy (non-hydrogen) atoms. The van der Waals surface area contributed by atoms with Gasteiger partial charge in [-0.2, -0.15) is 0 Å². The summed E-state index contributed by atoms with van der Waals surface area (Å²) < 4.78 is 0. The van der Waals surface area contributed by atoms with E-state index in [1.54, 1.807) is 0 Å². The molecule has 1 aliphatic rings. The number of hydrogen-bond donors (Lipinski definition) is 0. The Kier molecular flexibility index (Phi) is 4.85. The van der Waals surface area contributed by atoms with Crippen molar-refractivity contribution in [1.82, 2.24) is 0 Å². The van der Waals surface area contributed by atoms with Gasteiger partial charge < -0.3 is 0 Å². The lowest BCUT2D eigenvalue weighted by molar-refractivity contribution is 0.680. The molecule has 0 atom stereocenters. The summed E-state index contributed by atoms with van der Waals surface area (Å²) in [6.07, 6.45) is 14.3.